The number of hydrazone groups is 1. The minimum absolute atomic E-state index is 0.0441. The summed E-state index contributed by atoms with van der Waals surface area (Å²) < 4.78 is 10.9. The van der Waals surface area contributed by atoms with Gasteiger partial charge in [-0.1, -0.05) is 44.2 Å². The molecule has 1 aliphatic rings. The summed E-state index contributed by atoms with van der Waals surface area (Å²) in [6, 6.07) is 14.9. The number of methoxy groups -OCH3 is 2. The van der Waals surface area contributed by atoms with Crippen molar-refractivity contribution < 1.29 is 19.1 Å². The maximum atomic E-state index is 13.2. The van der Waals surface area contributed by atoms with E-state index in [-0.39, 0.29) is 30.3 Å². The lowest BCUT2D eigenvalue weighted by Crippen LogP contribution is -2.40. The molecule has 0 aromatic heterocycles. The molecule has 31 heavy (non-hydrogen) atoms. The molecule has 2 aromatic rings. The summed E-state index contributed by atoms with van der Waals surface area (Å²) in [4.78, 5) is 27.0. The average molecular weight is 424 g/mol. The third-order valence-corrected chi connectivity index (χ3v) is 5.31. The number of benzene rings is 2. The quantitative estimate of drug-likeness (QED) is 0.683. The molecule has 164 valence electrons. The van der Waals surface area contributed by atoms with E-state index < -0.39 is 0 Å². The standard InChI is InChI=1S/C24H29N3O4/c1-16(2)24(29)26(3)15-23(28)27-21(19-11-6-7-12-22(19)31-5)14-20(25-27)17-9-8-10-18(13-17)30-4/h6-13,16,21H,14-15H2,1-5H3/t21-/m1/s1. The van der Waals surface area contributed by atoms with Crippen molar-refractivity contribution in [1.82, 2.24) is 9.91 Å². The van der Waals surface area contributed by atoms with Gasteiger partial charge in [-0.25, -0.2) is 5.01 Å². The zero-order valence-corrected chi connectivity index (χ0v) is 18.7. The predicted octanol–water partition coefficient (Wildman–Crippen LogP) is 3.50. The van der Waals surface area contributed by atoms with E-state index in [0.717, 1.165) is 22.6 Å². The summed E-state index contributed by atoms with van der Waals surface area (Å²) in [6.45, 7) is 3.59. The van der Waals surface area contributed by atoms with Crippen LogP contribution in [0.15, 0.2) is 53.6 Å². The highest BCUT2D eigenvalue weighted by molar-refractivity contribution is 6.03. The molecule has 0 bridgehead atoms. The molecule has 0 N–H and O–H groups in total. The fourth-order valence-corrected chi connectivity index (χ4v) is 3.70. The molecule has 7 nitrogen and oxygen atoms in total. The summed E-state index contributed by atoms with van der Waals surface area (Å²) in [7, 11) is 4.87. The maximum absolute atomic E-state index is 13.2. The molecule has 7 heteroatoms. The van der Waals surface area contributed by atoms with Gasteiger partial charge in [0.2, 0.25) is 5.91 Å². The van der Waals surface area contributed by atoms with Gasteiger partial charge in [0.15, 0.2) is 0 Å². The highest BCUT2D eigenvalue weighted by Gasteiger charge is 2.35. The van der Waals surface area contributed by atoms with Gasteiger partial charge in [-0.15, -0.1) is 0 Å². The van der Waals surface area contributed by atoms with Crippen LogP contribution in [0.4, 0.5) is 0 Å². The number of likely N-dealkylation sites (N-methyl/N-ethyl adjacent to an activating group) is 1. The van der Waals surface area contributed by atoms with Crippen molar-refractivity contribution in [2.75, 3.05) is 27.8 Å². The van der Waals surface area contributed by atoms with Gasteiger partial charge in [0.05, 0.1) is 26.0 Å². The van der Waals surface area contributed by atoms with E-state index >= 15 is 0 Å². The Labute approximate surface area is 183 Å². The molecule has 1 atom stereocenters. The van der Waals surface area contributed by atoms with Crippen LogP contribution >= 0.6 is 0 Å². The van der Waals surface area contributed by atoms with Gasteiger partial charge in [0.25, 0.3) is 5.91 Å². The molecule has 2 aromatic carbocycles. The Hall–Kier alpha value is -3.35. The van der Waals surface area contributed by atoms with Gasteiger partial charge in [-0.2, -0.15) is 5.10 Å². The minimum atomic E-state index is -0.326. The Morgan fingerprint density at radius 3 is 2.55 bits per heavy atom. The second-order valence-electron chi connectivity index (χ2n) is 7.83. The zero-order chi connectivity index (χ0) is 22.5. The van der Waals surface area contributed by atoms with E-state index in [9.17, 15) is 9.59 Å². The van der Waals surface area contributed by atoms with Crippen molar-refractivity contribution >= 4 is 17.5 Å². The lowest BCUT2D eigenvalue weighted by molar-refractivity contribution is -0.142. The van der Waals surface area contributed by atoms with E-state index in [2.05, 4.69) is 5.10 Å². The van der Waals surface area contributed by atoms with Crippen molar-refractivity contribution in [3.63, 3.8) is 0 Å². The highest BCUT2D eigenvalue weighted by atomic mass is 16.5. The second kappa shape index (κ2) is 9.64. The van der Waals surface area contributed by atoms with Gasteiger partial charge >= 0.3 is 0 Å². The molecule has 1 aliphatic heterocycles. The molecule has 0 aliphatic carbocycles. The van der Waals surface area contributed by atoms with Crippen molar-refractivity contribution in [3.05, 3.63) is 59.7 Å². The summed E-state index contributed by atoms with van der Waals surface area (Å²) in [5.41, 5.74) is 2.54. The molecule has 0 spiro atoms. The molecule has 0 saturated heterocycles. The molecule has 0 fully saturated rings. The molecular formula is C24H29N3O4. The smallest absolute Gasteiger partial charge is 0.262 e. The third kappa shape index (κ3) is 4.87. The van der Waals surface area contributed by atoms with Crippen LogP contribution < -0.4 is 9.47 Å². The van der Waals surface area contributed by atoms with Crippen molar-refractivity contribution in [3.8, 4) is 11.5 Å². The van der Waals surface area contributed by atoms with Crippen LogP contribution in [0.25, 0.3) is 0 Å². The number of para-hydroxylation sites is 1. The first kappa shape index (κ1) is 22.3. The van der Waals surface area contributed by atoms with Crippen LogP contribution in [0.1, 0.15) is 37.4 Å². The first-order valence-electron chi connectivity index (χ1n) is 10.3. The van der Waals surface area contributed by atoms with Crippen LogP contribution in [0, 0.1) is 5.92 Å². The average Bonchev–Trinajstić information content (AvgIpc) is 3.23. The number of nitrogens with zero attached hydrogens (tertiary/aromatic N) is 3. The van der Waals surface area contributed by atoms with Crippen LogP contribution in [0.3, 0.4) is 0 Å². The second-order valence-corrected chi connectivity index (χ2v) is 7.83. The number of rotatable bonds is 7. The van der Waals surface area contributed by atoms with Crippen LogP contribution in [0.2, 0.25) is 0 Å². The molecular weight excluding hydrogens is 394 g/mol. The number of hydrogen-bond acceptors (Lipinski definition) is 5. The Kier molecular flexibility index (Phi) is 6.95. The fraction of sp³-hybridized carbons (Fsp3) is 0.375. The number of carbonyl (C=O) groups is 2. The molecule has 1 heterocycles. The Bertz CT molecular complexity index is 986. The van der Waals surface area contributed by atoms with Gasteiger partial charge in [-0.05, 0) is 18.2 Å². The maximum Gasteiger partial charge on any atom is 0.262 e. The Balaban J connectivity index is 1.95. The molecule has 0 radical (unpaired) electrons. The third-order valence-electron chi connectivity index (χ3n) is 5.31. The summed E-state index contributed by atoms with van der Waals surface area (Å²) in [6.07, 6.45) is 0.529. The van der Waals surface area contributed by atoms with E-state index in [1.165, 1.54) is 9.91 Å². The van der Waals surface area contributed by atoms with Gasteiger partial charge in [0, 0.05) is 30.5 Å². The van der Waals surface area contributed by atoms with E-state index in [1.54, 1.807) is 21.3 Å². The van der Waals surface area contributed by atoms with Crippen molar-refractivity contribution in [1.29, 1.82) is 0 Å². The van der Waals surface area contributed by atoms with Crippen LogP contribution in [-0.4, -0.2) is 55.2 Å². The first-order valence-corrected chi connectivity index (χ1v) is 10.3. The molecule has 0 unspecified atom stereocenters. The number of carbonyl (C=O) groups excluding carboxylic acids is 2. The number of hydrogen-bond donors (Lipinski definition) is 0. The fourth-order valence-electron chi connectivity index (χ4n) is 3.70. The summed E-state index contributed by atoms with van der Waals surface area (Å²) in [5, 5.41) is 6.16. The van der Waals surface area contributed by atoms with Crippen LogP contribution in [-0.2, 0) is 9.59 Å². The van der Waals surface area contributed by atoms with Crippen molar-refractivity contribution in [2.24, 2.45) is 11.0 Å². The number of ether oxygens (including phenoxy) is 2. The van der Waals surface area contributed by atoms with E-state index in [4.69, 9.17) is 9.47 Å². The normalized spacial score (nSPS) is 15.6. The lowest BCUT2D eigenvalue weighted by atomic mass is 9.97. The van der Waals surface area contributed by atoms with E-state index in [0.29, 0.717) is 12.2 Å². The SMILES string of the molecule is COc1cccc(C2=NN(C(=O)CN(C)C(=O)C(C)C)[C@@H](c3ccccc3OC)C2)c1. The summed E-state index contributed by atoms with van der Waals surface area (Å²) >= 11 is 0. The van der Waals surface area contributed by atoms with Gasteiger partial charge in [0.1, 0.15) is 18.0 Å². The Morgan fingerprint density at radius 1 is 1.13 bits per heavy atom. The predicted molar refractivity (Wildman–Crippen MR) is 119 cm³/mol. The molecule has 2 amide bonds. The van der Waals surface area contributed by atoms with Crippen molar-refractivity contribution in [2.45, 2.75) is 26.3 Å². The van der Waals surface area contributed by atoms with E-state index in [1.807, 2.05) is 62.4 Å². The van der Waals surface area contributed by atoms with Gasteiger partial charge in [-0.3, -0.25) is 9.59 Å². The summed E-state index contributed by atoms with van der Waals surface area (Å²) in [5.74, 6) is 0.904. The minimum Gasteiger partial charge on any atom is -0.497 e. The first-order chi connectivity index (χ1) is 14.8. The topological polar surface area (TPSA) is 71.4 Å². The zero-order valence-electron chi connectivity index (χ0n) is 18.7. The number of amides is 2. The monoisotopic (exact) mass is 423 g/mol. The van der Waals surface area contributed by atoms with Gasteiger partial charge < -0.3 is 14.4 Å². The highest BCUT2D eigenvalue weighted by Crippen LogP contribution is 2.37. The van der Waals surface area contributed by atoms with Crippen LogP contribution in [0.5, 0.6) is 11.5 Å². The Morgan fingerprint density at radius 2 is 1.87 bits per heavy atom. The largest absolute Gasteiger partial charge is 0.497 e. The lowest BCUT2D eigenvalue weighted by Gasteiger charge is -2.26. The molecule has 3 rings (SSSR count). The molecule has 0 saturated carbocycles.